The van der Waals surface area contributed by atoms with E-state index in [4.69, 9.17) is 4.42 Å². The predicted molar refractivity (Wildman–Crippen MR) is 108 cm³/mol. The molecule has 1 atom stereocenters. The summed E-state index contributed by atoms with van der Waals surface area (Å²) in [6.45, 7) is 0. The van der Waals surface area contributed by atoms with Gasteiger partial charge >= 0.3 is 6.18 Å². The number of aromatic nitrogens is 2. The molecule has 0 bridgehead atoms. The number of hydrogen-bond donors (Lipinski definition) is 1. The third-order valence-electron chi connectivity index (χ3n) is 4.90. The van der Waals surface area contributed by atoms with Gasteiger partial charge in [-0.15, -0.1) is 0 Å². The molecule has 0 aliphatic rings. The highest BCUT2D eigenvalue weighted by molar-refractivity contribution is 5.92. The maximum Gasteiger partial charge on any atom is 0.416 e. The summed E-state index contributed by atoms with van der Waals surface area (Å²) < 4.78 is 59.6. The molecule has 164 valence electrons. The van der Waals surface area contributed by atoms with Crippen LogP contribution >= 0.6 is 0 Å². The van der Waals surface area contributed by atoms with Crippen molar-refractivity contribution >= 4 is 5.91 Å². The van der Waals surface area contributed by atoms with Crippen LogP contribution < -0.4 is 5.32 Å². The van der Waals surface area contributed by atoms with Crippen LogP contribution in [-0.2, 0) is 13.2 Å². The molecule has 2 heterocycles. The lowest BCUT2D eigenvalue weighted by Gasteiger charge is -2.18. The van der Waals surface area contributed by atoms with Crippen LogP contribution in [-0.4, -0.2) is 15.5 Å². The predicted octanol–water partition coefficient (Wildman–Crippen LogP) is 5.36. The number of carbonyl (C=O) groups is 1. The van der Waals surface area contributed by atoms with E-state index in [1.165, 1.54) is 48.5 Å². The summed E-state index contributed by atoms with van der Waals surface area (Å²) in [5.41, 5.74) is -0.0275. The van der Waals surface area contributed by atoms with E-state index in [-0.39, 0.29) is 17.1 Å². The Morgan fingerprint density at radius 2 is 1.84 bits per heavy atom. The molecule has 2 aromatic carbocycles. The lowest BCUT2D eigenvalue weighted by atomic mass is 10.1. The molecule has 1 amide bonds. The third-order valence-corrected chi connectivity index (χ3v) is 4.90. The molecule has 0 radical (unpaired) electrons. The van der Waals surface area contributed by atoms with Gasteiger partial charge in [-0.1, -0.05) is 24.3 Å². The number of benzene rings is 2. The highest BCUT2D eigenvalue weighted by Crippen LogP contribution is 2.33. The molecule has 4 aromatic rings. The minimum Gasteiger partial charge on any atom is -0.451 e. The van der Waals surface area contributed by atoms with Gasteiger partial charge in [0.15, 0.2) is 5.76 Å². The van der Waals surface area contributed by atoms with Crippen LogP contribution in [0.4, 0.5) is 17.6 Å². The Morgan fingerprint density at radius 3 is 2.50 bits per heavy atom. The van der Waals surface area contributed by atoms with Gasteiger partial charge in [0.1, 0.15) is 23.4 Å². The Hall–Kier alpha value is -3.88. The van der Waals surface area contributed by atoms with E-state index in [0.29, 0.717) is 11.4 Å². The molecule has 32 heavy (non-hydrogen) atoms. The topological polar surface area (TPSA) is 60.1 Å². The number of nitrogens with one attached hydrogen (secondary N) is 1. The molecule has 4 rings (SSSR count). The molecule has 0 aliphatic carbocycles. The molecular weight excluding hydrogens is 426 g/mol. The molecule has 0 spiro atoms. The van der Waals surface area contributed by atoms with Gasteiger partial charge in [-0.2, -0.15) is 13.2 Å². The summed E-state index contributed by atoms with van der Waals surface area (Å²) in [4.78, 5) is 17.1. The Bertz CT molecular complexity index is 1240. The largest absolute Gasteiger partial charge is 0.451 e. The second kappa shape index (κ2) is 8.33. The van der Waals surface area contributed by atoms with Crippen LogP contribution in [0.2, 0.25) is 0 Å². The summed E-state index contributed by atoms with van der Waals surface area (Å²) >= 11 is 0. The average molecular weight is 443 g/mol. The van der Waals surface area contributed by atoms with Crippen LogP contribution in [0.15, 0.2) is 77.5 Å². The number of carbonyl (C=O) groups excluding carboxylic acids is 1. The highest BCUT2D eigenvalue weighted by Gasteiger charge is 2.31. The van der Waals surface area contributed by atoms with Crippen molar-refractivity contribution in [2.45, 2.75) is 12.2 Å². The van der Waals surface area contributed by atoms with Crippen molar-refractivity contribution in [3.05, 3.63) is 102 Å². The van der Waals surface area contributed by atoms with Crippen LogP contribution in [0.1, 0.15) is 33.5 Å². The standard InChI is InChI=1S/C23H17F4N3O2/c1-30-12-11-28-21(30)20(14-5-7-17(24)8-6-14)29-22(31)19-10-9-18(32-19)15-3-2-4-16(13-15)23(25,26)27/h2-13,20H,1H3,(H,29,31)/t20-/m1/s1. The first-order chi connectivity index (χ1) is 15.2. The number of imidazole rings is 1. The zero-order chi connectivity index (χ0) is 22.9. The van der Waals surface area contributed by atoms with Crippen molar-refractivity contribution in [3.63, 3.8) is 0 Å². The number of nitrogens with zero attached hydrogens (tertiary/aromatic N) is 2. The smallest absolute Gasteiger partial charge is 0.416 e. The molecule has 0 saturated heterocycles. The van der Waals surface area contributed by atoms with Crippen LogP contribution in [0.3, 0.4) is 0 Å². The highest BCUT2D eigenvalue weighted by atomic mass is 19.4. The Labute approximate surface area is 180 Å². The number of alkyl halides is 3. The Morgan fingerprint density at radius 1 is 1.09 bits per heavy atom. The SMILES string of the molecule is Cn1ccnc1[C@H](NC(=O)c1ccc(-c2cccc(C(F)(F)F)c2)o1)c1ccc(F)cc1. The summed E-state index contributed by atoms with van der Waals surface area (Å²) in [6, 6.07) is 12.4. The van der Waals surface area contributed by atoms with Crippen molar-refractivity contribution in [1.82, 2.24) is 14.9 Å². The molecule has 1 N–H and O–H groups in total. The number of amides is 1. The van der Waals surface area contributed by atoms with Gasteiger partial charge in [0.2, 0.25) is 0 Å². The fraction of sp³-hybridized carbons (Fsp3) is 0.130. The fourth-order valence-corrected chi connectivity index (χ4v) is 3.27. The number of hydrogen-bond acceptors (Lipinski definition) is 3. The first-order valence-corrected chi connectivity index (χ1v) is 9.53. The van der Waals surface area contributed by atoms with Crippen LogP contribution in [0, 0.1) is 5.82 Å². The van der Waals surface area contributed by atoms with E-state index in [9.17, 15) is 22.4 Å². The minimum absolute atomic E-state index is 0.0845. The van der Waals surface area contributed by atoms with Crippen molar-refractivity contribution in [2.75, 3.05) is 0 Å². The lowest BCUT2D eigenvalue weighted by molar-refractivity contribution is -0.137. The average Bonchev–Trinajstić information content (AvgIpc) is 3.42. The maximum atomic E-state index is 13.4. The third kappa shape index (κ3) is 4.41. The van der Waals surface area contributed by atoms with E-state index < -0.39 is 29.5 Å². The van der Waals surface area contributed by atoms with Gasteiger partial charge in [-0.05, 0) is 42.0 Å². The van der Waals surface area contributed by atoms with E-state index in [1.807, 2.05) is 0 Å². The molecule has 2 aromatic heterocycles. The monoisotopic (exact) mass is 443 g/mol. The first-order valence-electron chi connectivity index (χ1n) is 9.53. The van der Waals surface area contributed by atoms with Gasteiger partial charge in [0.25, 0.3) is 5.91 Å². The second-order valence-corrected chi connectivity index (χ2v) is 7.10. The van der Waals surface area contributed by atoms with Crippen LogP contribution in [0.5, 0.6) is 0 Å². The molecule has 0 fully saturated rings. The summed E-state index contributed by atoms with van der Waals surface area (Å²) in [7, 11) is 1.75. The van der Waals surface area contributed by atoms with Crippen LogP contribution in [0.25, 0.3) is 11.3 Å². The van der Waals surface area contributed by atoms with Crippen molar-refractivity contribution in [2.24, 2.45) is 7.05 Å². The molecule has 5 nitrogen and oxygen atoms in total. The molecule has 0 unspecified atom stereocenters. The van der Waals surface area contributed by atoms with E-state index in [2.05, 4.69) is 10.3 Å². The van der Waals surface area contributed by atoms with Crippen molar-refractivity contribution in [1.29, 1.82) is 0 Å². The zero-order valence-electron chi connectivity index (χ0n) is 16.7. The normalized spacial score (nSPS) is 12.5. The number of aryl methyl sites for hydroxylation is 1. The maximum absolute atomic E-state index is 13.4. The number of halogens is 4. The summed E-state index contributed by atoms with van der Waals surface area (Å²) in [6.07, 6.45) is -1.22. The van der Waals surface area contributed by atoms with Gasteiger partial charge in [0.05, 0.1) is 5.56 Å². The fourth-order valence-electron chi connectivity index (χ4n) is 3.27. The lowest BCUT2D eigenvalue weighted by Crippen LogP contribution is -2.30. The minimum atomic E-state index is -4.49. The van der Waals surface area contributed by atoms with Gasteiger partial charge in [0, 0.05) is 25.0 Å². The number of furan rings is 1. The molecule has 9 heteroatoms. The summed E-state index contributed by atoms with van der Waals surface area (Å²) in [5, 5.41) is 2.79. The Kier molecular flexibility index (Phi) is 5.56. The van der Waals surface area contributed by atoms with Crippen molar-refractivity contribution < 1.29 is 26.8 Å². The van der Waals surface area contributed by atoms with Gasteiger partial charge < -0.3 is 14.3 Å². The summed E-state index contributed by atoms with van der Waals surface area (Å²) in [5.74, 6) is -0.471. The molecule has 0 aliphatic heterocycles. The Balaban J connectivity index is 1.61. The molecule has 0 saturated carbocycles. The first kappa shape index (κ1) is 21.4. The number of rotatable bonds is 5. The van der Waals surface area contributed by atoms with E-state index >= 15 is 0 Å². The molecular formula is C23H17F4N3O2. The quantitative estimate of drug-likeness (QED) is 0.423. The van der Waals surface area contributed by atoms with Gasteiger partial charge in [-0.25, -0.2) is 9.37 Å². The van der Waals surface area contributed by atoms with E-state index in [1.54, 1.807) is 24.0 Å². The van der Waals surface area contributed by atoms with Gasteiger partial charge in [-0.3, -0.25) is 4.79 Å². The van der Waals surface area contributed by atoms with E-state index in [0.717, 1.165) is 12.1 Å². The zero-order valence-corrected chi connectivity index (χ0v) is 16.7. The van der Waals surface area contributed by atoms with Crippen molar-refractivity contribution in [3.8, 4) is 11.3 Å². The second-order valence-electron chi connectivity index (χ2n) is 7.10.